The smallest absolute Gasteiger partial charge is 0.302 e. The van der Waals surface area contributed by atoms with Gasteiger partial charge >= 0.3 is 5.97 Å². The van der Waals surface area contributed by atoms with Crippen LogP contribution in [0.4, 0.5) is 0 Å². The van der Waals surface area contributed by atoms with Gasteiger partial charge in [-0.1, -0.05) is 22.0 Å². The second-order valence-electron chi connectivity index (χ2n) is 3.30. The number of halogens is 1. The normalized spacial score (nSPS) is 9.82. The first-order valence-electron chi connectivity index (χ1n) is 5.16. The predicted octanol–water partition coefficient (Wildman–Crippen LogP) is 2.53. The Balaban J connectivity index is 2.76. The number of carbonyl (C=O) groups excluding carboxylic acids is 1. The third-order valence-corrected chi connectivity index (χ3v) is 2.33. The van der Waals surface area contributed by atoms with Crippen molar-refractivity contribution in [3.05, 3.63) is 23.8 Å². The maximum atomic E-state index is 10.7. The predicted molar refractivity (Wildman–Crippen MR) is 67.8 cm³/mol. The molecule has 0 aliphatic rings. The highest BCUT2D eigenvalue weighted by Gasteiger charge is 2.06. The fourth-order valence-corrected chi connectivity index (χ4v) is 1.42. The molecule has 0 fully saturated rings. The van der Waals surface area contributed by atoms with E-state index in [1.54, 1.807) is 13.2 Å². The van der Waals surface area contributed by atoms with Gasteiger partial charge in [0, 0.05) is 12.3 Å². The molecule has 0 heterocycles. The molecular weight excluding hydrogens is 288 g/mol. The van der Waals surface area contributed by atoms with Crippen LogP contribution < -0.4 is 9.47 Å². The van der Waals surface area contributed by atoms with E-state index in [1.807, 2.05) is 12.1 Å². The van der Waals surface area contributed by atoms with Crippen LogP contribution in [-0.2, 0) is 16.1 Å². The molecule has 94 valence electrons. The third-order valence-electron chi connectivity index (χ3n) is 2.00. The summed E-state index contributed by atoms with van der Waals surface area (Å²) in [6, 6.07) is 5.44. The second-order valence-corrected chi connectivity index (χ2v) is 4.10. The first kappa shape index (κ1) is 13.8. The molecule has 0 amide bonds. The van der Waals surface area contributed by atoms with Crippen molar-refractivity contribution in [1.29, 1.82) is 0 Å². The zero-order valence-corrected chi connectivity index (χ0v) is 11.5. The van der Waals surface area contributed by atoms with Crippen LogP contribution in [0.2, 0.25) is 0 Å². The van der Waals surface area contributed by atoms with Gasteiger partial charge in [0.2, 0.25) is 0 Å². The first-order chi connectivity index (χ1) is 8.17. The summed E-state index contributed by atoms with van der Waals surface area (Å²) in [7, 11) is 1.59. The van der Waals surface area contributed by atoms with E-state index in [0.29, 0.717) is 18.1 Å². The molecule has 0 saturated carbocycles. The van der Waals surface area contributed by atoms with E-state index in [9.17, 15) is 4.79 Å². The van der Waals surface area contributed by atoms with E-state index >= 15 is 0 Å². The number of hydrogen-bond acceptors (Lipinski definition) is 4. The zero-order valence-electron chi connectivity index (χ0n) is 9.86. The molecule has 1 aromatic carbocycles. The van der Waals surface area contributed by atoms with E-state index in [-0.39, 0.29) is 12.6 Å². The summed E-state index contributed by atoms with van der Waals surface area (Å²) in [5, 5.41) is 0.740. The summed E-state index contributed by atoms with van der Waals surface area (Å²) in [6.07, 6.45) is 0. The lowest BCUT2D eigenvalue weighted by molar-refractivity contribution is -0.142. The van der Waals surface area contributed by atoms with Crippen molar-refractivity contribution in [1.82, 2.24) is 0 Å². The van der Waals surface area contributed by atoms with Crippen LogP contribution in [0, 0.1) is 0 Å². The number of rotatable bonds is 6. The lowest BCUT2D eigenvalue weighted by Gasteiger charge is -2.11. The summed E-state index contributed by atoms with van der Waals surface area (Å²) >= 11 is 3.29. The van der Waals surface area contributed by atoms with Crippen LogP contribution >= 0.6 is 15.9 Å². The summed E-state index contributed by atoms with van der Waals surface area (Å²) in [4.78, 5) is 10.7. The molecule has 1 aromatic rings. The molecule has 0 aromatic heterocycles. The van der Waals surface area contributed by atoms with Gasteiger partial charge in [-0.2, -0.15) is 0 Å². The van der Waals surface area contributed by atoms with Crippen LogP contribution in [0.25, 0.3) is 0 Å². The van der Waals surface area contributed by atoms with Crippen molar-refractivity contribution in [2.45, 2.75) is 13.5 Å². The average Bonchev–Trinajstić information content (AvgIpc) is 2.33. The van der Waals surface area contributed by atoms with Gasteiger partial charge in [0.15, 0.2) is 11.5 Å². The number of ether oxygens (including phenoxy) is 3. The molecule has 0 atom stereocenters. The lowest BCUT2D eigenvalue weighted by Crippen LogP contribution is -2.02. The van der Waals surface area contributed by atoms with Gasteiger partial charge < -0.3 is 14.2 Å². The average molecular weight is 303 g/mol. The molecular formula is C12H15BrO4. The van der Waals surface area contributed by atoms with E-state index in [4.69, 9.17) is 14.2 Å². The Kier molecular flexibility index (Phi) is 5.83. The van der Waals surface area contributed by atoms with Gasteiger partial charge in [0.25, 0.3) is 0 Å². The molecule has 5 heteroatoms. The van der Waals surface area contributed by atoms with Crippen molar-refractivity contribution in [2.75, 3.05) is 19.0 Å². The van der Waals surface area contributed by atoms with Crippen LogP contribution in [0.15, 0.2) is 18.2 Å². The Morgan fingerprint density at radius 3 is 2.71 bits per heavy atom. The molecule has 4 nitrogen and oxygen atoms in total. The molecule has 1 rings (SSSR count). The Bertz CT molecular complexity index is 379. The van der Waals surface area contributed by atoms with Gasteiger partial charge in [0.05, 0.1) is 13.7 Å². The minimum atomic E-state index is -0.302. The fraction of sp³-hybridized carbons (Fsp3) is 0.417. The molecule has 0 N–H and O–H groups in total. The molecule has 0 spiro atoms. The van der Waals surface area contributed by atoms with Crippen molar-refractivity contribution in [2.24, 2.45) is 0 Å². The molecule has 0 bridgehead atoms. The SMILES string of the molecule is COc1ccc(COC(C)=O)cc1OCCBr. The van der Waals surface area contributed by atoms with Crippen molar-refractivity contribution in [3.8, 4) is 11.5 Å². The lowest BCUT2D eigenvalue weighted by atomic mass is 10.2. The van der Waals surface area contributed by atoms with Gasteiger partial charge in [-0.05, 0) is 17.7 Å². The number of alkyl halides is 1. The van der Waals surface area contributed by atoms with Gasteiger partial charge in [-0.25, -0.2) is 0 Å². The summed E-state index contributed by atoms with van der Waals surface area (Å²) in [5.41, 5.74) is 0.866. The van der Waals surface area contributed by atoms with E-state index in [2.05, 4.69) is 15.9 Å². The Morgan fingerprint density at radius 1 is 1.35 bits per heavy atom. The quantitative estimate of drug-likeness (QED) is 0.598. The maximum absolute atomic E-state index is 10.7. The minimum absolute atomic E-state index is 0.240. The monoisotopic (exact) mass is 302 g/mol. The van der Waals surface area contributed by atoms with E-state index in [1.165, 1.54) is 6.92 Å². The zero-order chi connectivity index (χ0) is 12.7. The van der Waals surface area contributed by atoms with Crippen LogP contribution in [-0.4, -0.2) is 25.0 Å². The Hall–Kier alpha value is -1.23. The maximum Gasteiger partial charge on any atom is 0.302 e. The van der Waals surface area contributed by atoms with Crippen LogP contribution in [0.3, 0.4) is 0 Å². The summed E-state index contributed by atoms with van der Waals surface area (Å²) in [6.45, 7) is 2.17. The third kappa shape index (κ3) is 4.65. The molecule has 0 radical (unpaired) electrons. The van der Waals surface area contributed by atoms with Crippen LogP contribution in [0.1, 0.15) is 12.5 Å². The van der Waals surface area contributed by atoms with Crippen molar-refractivity contribution in [3.63, 3.8) is 0 Å². The van der Waals surface area contributed by atoms with E-state index < -0.39 is 0 Å². The Morgan fingerprint density at radius 2 is 2.12 bits per heavy atom. The molecule has 0 saturated heterocycles. The van der Waals surface area contributed by atoms with Crippen LogP contribution in [0.5, 0.6) is 11.5 Å². The fourth-order valence-electron chi connectivity index (χ4n) is 1.26. The highest BCUT2D eigenvalue weighted by molar-refractivity contribution is 9.09. The second kappa shape index (κ2) is 7.17. The van der Waals surface area contributed by atoms with Gasteiger partial charge in [0.1, 0.15) is 6.61 Å². The molecule has 0 unspecified atom stereocenters. The van der Waals surface area contributed by atoms with Gasteiger partial charge in [-0.3, -0.25) is 4.79 Å². The topological polar surface area (TPSA) is 44.8 Å². The van der Waals surface area contributed by atoms with Crippen molar-refractivity contribution >= 4 is 21.9 Å². The largest absolute Gasteiger partial charge is 0.493 e. The Labute approximate surface area is 109 Å². The van der Waals surface area contributed by atoms with E-state index in [0.717, 1.165) is 10.9 Å². The molecule has 0 aliphatic heterocycles. The number of carbonyl (C=O) groups is 1. The highest BCUT2D eigenvalue weighted by atomic mass is 79.9. The molecule has 0 aliphatic carbocycles. The summed E-state index contributed by atoms with van der Waals surface area (Å²) < 4.78 is 15.6. The standard InChI is InChI=1S/C12H15BrO4/c1-9(14)17-8-10-3-4-11(15-2)12(7-10)16-6-5-13/h3-4,7H,5-6,8H2,1-2H3. The summed E-state index contributed by atoms with van der Waals surface area (Å²) in [5.74, 6) is 1.01. The minimum Gasteiger partial charge on any atom is -0.493 e. The number of hydrogen-bond donors (Lipinski definition) is 0. The number of methoxy groups -OCH3 is 1. The number of esters is 1. The highest BCUT2D eigenvalue weighted by Crippen LogP contribution is 2.28. The van der Waals surface area contributed by atoms with Gasteiger partial charge in [-0.15, -0.1) is 0 Å². The molecule has 17 heavy (non-hydrogen) atoms. The first-order valence-corrected chi connectivity index (χ1v) is 6.28. The number of benzene rings is 1. The van der Waals surface area contributed by atoms with Crippen molar-refractivity contribution < 1.29 is 19.0 Å².